The van der Waals surface area contributed by atoms with Gasteiger partial charge in [-0.05, 0) is 57.4 Å². The fourth-order valence-corrected chi connectivity index (χ4v) is 2.09. The van der Waals surface area contributed by atoms with Crippen molar-refractivity contribution in [1.82, 2.24) is 5.32 Å². The molecule has 19 heavy (non-hydrogen) atoms. The van der Waals surface area contributed by atoms with Crippen molar-refractivity contribution in [3.63, 3.8) is 0 Å². The molecule has 0 fully saturated rings. The van der Waals surface area contributed by atoms with Crippen LogP contribution in [0.1, 0.15) is 39.2 Å². The zero-order valence-corrected chi connectivity index (χ0v) is 12.5. The summed E-state index contributed by atoms with van der Waals surface area (Å²) >= 11 is 0. The lowest BCUT2D eigenvalue weighted by Crippen LogP contribution is -2.34. The summed E-state index contributed by atoms with van der Waals surface area (Å²) in [6, 6.07) is 7.18. The molecule has 0 saturated carbocycles. The van der Waals surface area contributed by atoms with E-state index in [1.807, 2.05) is 12.1 Å². The summed E-state index contributed by atoms with van der Waals surface area (Å²) in [4.78, 5) is 0. The first-order chi connectivity index (χ1) is 8.96. The third-order valence-electron chi connectivity index (χ3n) is 3.54. The second kappa shape index (κ2) is 7.61. The van der Waals surface area contributed by atoms with Gasteiger partial charge in [-0.1, -0.05) is 19.1 Å². The van der Waals surface area contributed by atoms with Crippen LogP contribution in [-0.2, 0) is 11.2 Å². The minimum absolute atomic E-state index is 0.0868. The van der Waals surface area contributed by atoms with Crippen molar-refractivity contribution in [3.05, 3.63) is 35.6 Å². The summed E-state index contributed by atoms with van der Waals surface area (Å²) in [6.45, 7) is 7.26. The Balaban J connectivity index is 2.55. The molecule has 0 aliphatic carbocycles. The Morgan fingerprint density at radius 2 is 1.89 bits per heavy atom. The number of rotatable bonds is 8. The molecule has 1 N–H and O–H groups in total. The van der Waals surface area contributed by atoms with E-state index in [9.17, 15) is 4.39 Å². The molecular formula is C16H26FNO. The molecule has 0 bridgehead atoms. The molecular weight excluding hydrogens is 241 g/mol. The van der Waals surface area contributed by atoms with Crippen LogP contribution in [0, 0.1) is 5.82 Å². The average molecular weight is 267 g/mol. The predicted octanol–water partition coefficient (Wildman–Crippen LogP) is 3.55. The van der Waals surface area contributed by atoms with Gasteiger partial charge in [-0.2, -0.15) is 0 Å². The van der Waals surface area contributed by atoms with E-state index in [0.717, 1.165) is 25.8 Å². The van der Waals surface area contributed by atoms with Crippen molar-refractivity contribution in [2.75, 3.05) is 13.7 Å². The summed E-state index contributed by atoms with van der Waals surface area (Å²) in [5, 5.41) is 3.49. The number of hydrogen-bond acceptors (Lipinski definition) is 2. The maximum absolute atomic E-state index is 12.9. The van der Waals surface area contributed by atoms with Gasteiger partial charge in [0.2, 0.25) is 0 Å². The molecule has 0 amide bonds. The molecule has 1 aromatic rings. The second-order valence-corrected chi connectivity index (χ2v) is 5.59. The lowest BCUT2D eigenvalue weighted by molar-refractivity contribution is 0.0117. The van der Waals surface area contributed by atoms with E-state index >= 15 is 0 Å². The Labute approximate surface area is 116 Å². The van der Waals surface area contributed by atoms with Gasteiger partial charge >= 0.3 is 0 Å². The first-order valence-corrected chi connectivity index (χ1v) is 7.00. The highest BCUT2D eigenvalue weighted by atomic mass is 19.1. The van der Waals surface area contributed by atoms with Crippen molar-refractivity contribution in [2.24, 2.45) is 0 Å². The van der Waals surface area contributed by atoms with Crippen LogP contribution in [0.3, 0.4) is 0 Å². The molecule has 2 nitrogen and oxygen atoms in total. The summed E-state index contributed by atoms with van der Waals surface area (Å²) in [5.74, 6) is -0.177. The number of likely N-dealkylation sites (N-methyl/N-ethyl adjacent to an activating group) is 1. The summed E-state index contributed by atoms with van der Waals surface area (Å²) < 4.78 is 18.3. The molecule has 0 aliphatic heterocycles. The standard InChI is InChI=1S/C16H26FNO/c1-5-18-15(10-11-16(2,3)19-4)12-13-6-8-14(17)9-7-13/h6-9,15,18H,5,10-12H2,1-4H3. The van der Waals surface area contributed by atoms with Crippen LogP contribution in [-0.4, -0.2) is 25.3 Å². The Bertz CT molecular complexity index is 362. The van der Waals surface area contributed by atoms with Crippen LogP contribution >= 0.6 is 0 Å². The topological polar surface area (TPSA) is 21.3 Å². The van der Waals surface area contributed by atoms with Crippen molar-refractivity contribution in [3.8, 4) is 0 Å². The smallest absolute Gasteiger partial charge is 0.123 e. The van der Waals surface area contributed by atoms with Crippen LogP contribution < -0.4 is 5.32 Å². The van der Waals surface area contributed by atoms with Crippen molar-refractivity contribution < 1.29 is 9.13 Å². The zero-order valence-electron chi connectivity index (χ0n) is 12.5. The van der Waals surface area contributed by atoms with Crippen LogP contribution in [0.5, 0.6) is 0 Å². The zero-order chi connectivity index (χ0) is 14.3. The van der Waals surface area contributed by atoms with E-state index in [4.69, 9.17) is 4.74 Å². The van der Waals surface area contributed by atoms with E-state index in [-0.39, 0.29) is 11.4 Å². The highest BCUT2D eigenvalue weighted by molar-refractivity contribution is 5.17. The molecule has 1 unspecified atom stereocenters. The number of hydrogen-bond donors (Lipinski definition) is 1. The summed E-state index contributed by atoms with van der Waals surface area (Å²) in [5.41, 5.74) is 1.08. The van der Waals surface area contributed by atoms with Gasteiger partial charge in [0, 0.05) is 13.2 Å². The Morgan fingerprint density at radius 3 is 2.42 bits per heavy atom. The Morgan fingerprint density at radius 1 is 1.26 bits per heavy atom. The maximum atomic E-state index is 12.9. The normalized spacial score (nSPS) is 13.5. The van der Waals surface area contributed by atoms with E-state index in [2.05, 4.69) is 26.1 Å². The number of nitrogens with one attached hydrogen (secondary N) is 1. The van der Waals surface area contributed by atoms with Crippen LogP contribution in [0.4, 0.5) is 4.39 Å². The molecule has 0 aliphatic rings. The predicted molar refractivity (Wildman–Crippen MR) is 77.9 cm³/mol. The van der Waals surface area contributed by atoms with E-state index in [0.29, 0.717) is 6.04 Å². The van der Waals surface area contributed by atoms with Gasteiger partial charge in [0.05, 0.1) is 5.60 Å². The highest BCUT2D eigenvalue weighted by Gasteiger charge is 2.19. The first-order valence-electron chi connectivity index (χ1n) is 7.00. The average Bonchev–Trinajstić information content (AvgIpc) is 2.39. The minimum atomic E-state index is -0.177. The van der Waals surface area contributed by atoms with Crippen LogP contribution in [0.2, 0.25) is 0 Å². The quantitative estimate of drug-likeness (QED) is 0.777. The molecule has 1 atom stereocenters. The van der Waals surface area contributed by atoms with E-state index < -0.39 is 0 Å². The summed E-state index contributed by atoms with van der Waals surface area (Å²) in [6.07, 6.45) is 2.97. The lowest BCUT2D eigenvalue weighted by Gasteiger charge is -2.26. The number of benzene rings is 1. The molecule has 0 radical (unpaired) electrons. The molecule has 0 heterocycles. The molecule has 1 rings (SSSR count). The summed E-state index contributed by atoms with van der Waals surface area (Å²) in [7, 11) is 1.75. The molecule has 0 aromatic heterocycles. The number of halogens is 1. The van der Waals surface area contributed by atoms with Gasteiger partial charge in [-0.3, -0.25) is 0 Å². The van der Waals surface area contributed by atoms with Crippen molar-refractivity contribution >= 4 is 0 Å². The second-order valence-electron chi connectivity index (χ2n) is 5.59. The van der Waals surface area contributed by atoms with Gasteiger partial charge in [0.1, 0.15) is 5.82 Å². The van der Waals surface area contributed by atoms with Crippen molar-refractivity contribution in [1.29, 1.82) is 0 Å². The highest BCUT2D eigenvalue weighted by Crippen LogP contribution is 2.18. The first kappa shape index (κ1) is 16.1. The van der Waals surface area contributed by atoms with Crippen LogP contribution in [0.15, 0.2) is 24.3 Å². The molecule has 3 heteroatoms. The number of methoxy groups -OCH3 is 1. The largest absolute Gasteiger partial charge is 0.379 e. The van der Waals surface area contributed by atoms with Crippen molar-refractivity contribution in [2.45, 2.75) is 51.7 Å². The fraction of sp³-hybridized carbons (Fsp3) is 0.625. The van der Waals surface area contributed by atoms with Gasteiger partial charge in [0.15, 0.2) is 0 Å². The minimum Gasteiger partial charge on any atom is -0.379 e. The Kier molecular flexibility index (Phi) is 6.46. The van der Waals surface area contributed by atoms with Gasteiger partial charge in [0.25, 0.3) is 0 Å². The monoisotopic (exact) mass is 267 g/mol. The van der Waals surface area contributed by atoms with Gasteiger partial charge in [-0.15, -0.1) is 0 Å². The molecule has 0 spiro atoms. The lowest BCUT2D eigenvalue weighted by atomic mass is 9.95. The van der Waals surface area contributed by atoms with Gasteiger partial charge < -0.3 is 10.1 Å². The maximum Gasteiger partial charge on any atom is 0.123 e. The molecule has 1 aromatic carbocycles. The molecule has 108 valence electrons. The van der Waals surface area contributed by atoms with E-state index in [1.165, 1.54) is 17.7 Å². The SMILES string of the molecule is CCNC(CCC(C)(C)OC)Cc1ccc(F)cc1. The fourth-order valence-electron chi connectivity index (χ4n) is 2.09. The third kappa shape index (κ3) is 6.17. The van der Waals surface area contributed by atoms with E-state index in [1.54, 1.807) is 7.11 Å². The number of ether oxygens (including phenoxy) is 1. The third-order valence-corrected chi connectivity index (χ3v) is 3.54. The molecule has 0 saturated heterocycles. The van der Waals surface area contributed by atoms with Gasteiger partial charge in [-0.25, -0.2) is 4.39 Å². The Hall–Kier alpha value is -0.930. The van der Waals surface area contributed by atoms with Crippen LogP contribution in [0.25, 0.3) is 0 Å².